The van der Waals surface area contributed by atoms with Crippen molar-refractivity contribution in [2.24, 2.45) is 0 Å². The summed E-state index contributed by atoms with van der Waals surface area (Å²) in [5.74, 6) is 1.02. The van der Waals surface area contributed by atoms with E-state index in [0.29, 0.717) is 18.6 Å². The van der Waals surface area contributed by atoms with Gasteiger partial charge in [0, 0.05) is 0 Å². The molecular formula is C17H23NO4S. The normalized spacial score (nSPS) is 16.8. The van der Waals surface area contributed by atoms with Crippen LogP contribution in [0.2, 0.25) is 0 Å². The van der Waals surface area contributed by atoms with E-state index in [2.05, 4.69) is 5.32 Å². The SMILES string of the molecule is CC(C)Oc1cccc(CC(=O)NC2(C(=O)O)CCSCC2)c1. The number of carboxylic acids is 1. The quantitative estimate of drug-likeness (QED) is 0.834. The highest BCUT2D eigenvalue weighted by molar-refractivity contribution is 7.99. The molecule has 5 nitrogen and oxygen atoms in total. The summed E-state index contributed by atoms with van der Waals surface area (Å²) in [7, 11) is 0. The lowest BCUT2D eigenvalue weighted by atomic mass is 9.92. The zero-order valence-corrected chi connectivity index (χ0v) is 14.3. The van der Waals surface area contributed by atoms with E-state index in [4.69, 9.17) is 4.74 Å². The van der Waals surface area contributed by atoms with E-state index in [-0.39, 0.29) is 18.4 Å². The monoisotopic (exact) mass is 337 g/mol. The Morgan fingerprint density at radius 1 is 1.35 bits per heavy atom. The molecule has 1 aromatic rings. The fraction of sp³-hybridized carbons (Fsp3) is 0.529. The van der Waals surface area contributed by atoms with Crippen LogP contribution in [0.4, 0.5) is 0 Å². The fourth-order valence-corrected chi connectivity index (χ4v) is 3.80. The summed E-state index contributed by atoms with van der Waals surface area (Å²) in [5.41, 5.74) is -0.305. The van der Waals surface area contributed by atoms with Crippen LogP contribution in [-0.4, -0.2) is 40.1 Å². The van der Waals surface area contributed by atoms with Gasteiger partial charge in [0.2, 0.25) is 5.91 Å². The summed E-state index contributed by atoms with van der Waals surface area (Å²) < 4.78 is 5.62. The van der Waals surface area contributed by atoms with Crippen LogP contribution in [0.5, 0.6) is 5.75 Å². The number of hydrogen-bond donors (Lipinski definition) is 2. The molecular weight excluding hydrogens is 314 g/mol. The van der Waals surface area contributed by atoms with E-state index < -0.39 is 11.5 Å². The van der Waals surface area contributed by atoms with Gasteiger partial charge in [0.1, 0.15) is 11.3 Å². The second-order valence-electron chi connectivity index (χ2n) is 6.04. The van der Waals surface area contributed by atoms with Gasteiger partial charge in [-0.3, -0.25) is 4.79 Å². The third-order valence-corrected chi connectivity index (χ3v) is 4.75. The molecule has 6 heteroatoms. The van der Waals surface area contributed by atoms with Crippen LogP contribution in [0.25, 0.3) is 0 Å². The lowest BCUT2D eigenvalue weighted by Crippen LogP contribution is -2.56. The molecule has 0 saturated carbocycles. The number of ether oxygens (including phenoxy) is 1. The van der Waals surface area contributed by atoms with E-state index in [1.165, 1.54) is 0 Å². The van der Waals surface area contributed by atoms with Crippen LogP contribution in [0.3, 0.4) is 0 Å². The molecule has 2 rings (SSSR count). The highest BCUT2D eigenvalue weighted by Gasteiger charge is 2.41. The summed E-state index contributed by atoms with van der Waals surface area (Å²) in [5, 5.41) is 12.3. The third-order valence-electron chi connectivity index (χ3n) is 3.77. The molecule has 1 aliphatic heterocycles. The summed E-state index contributed by atoms with van der Waals surface area (Å²) in [6, 6.07) is 7.35. The topological polar surface area (TPSA) is 75.6 Å². The molecule has 0 aliphatic carbocycles. The van der Waals surface area contributed by atoms with Crippen molar-refractivity contribution in [3.63, 3.8) is 0 Å². The van der Waals surface area contributed by atoms with Crippen molar-refractivity contribution >= 4 is 23.6 Å². The summed E-state index contributed by atoms with van der Waals surface area (Å²) >= 11 is 1.72. The van der Waals surface area contributed by atoms with Crippen LogP contribution >= 0.6 is 11.8 Å². The van der Waals surface area contributed by atoms with Crippen molar-refractivity contribution in [3.05, 3.63) is 29.8 Å². The Morgan fingerprint density at radius 2 is 2.04 bits per heavy atom. The molecule has 0 bridgehead atoms. The van der Waals surface area contributed by atoms with E-state index in [1.54, 1.807) is 11.8 Å². The number of benzene rings is 1. The number of carboxylic acid groups (broad SMARTS) is 1. The van der Waals surface area contributed by atoms with Crippen molar-refractivity contribution < 1.29 is 19.4 Å². The van der Waals surface area contributed by atoms with Crippen molar-refractivity contribution in [2.75, 3.05) is 11.5 Å². The van der Waals surface area contributed by atoms with E-state index >= 15 is 0 Å². The first-order chi connectivity index (χ1) is 10.9. The number of nitrogens with one attached hydrogen (secondary N) is 1. The van der Waals surface area contributed by atoms with E-state index in [0.717, 1.165) is 17.1 Å². The van der Waals surface area contributed by atoms with Crippen molar-refractivity contribution in [1.82, 2.24) is 5.32 Å². The Kier molecular flexibility index (Phi) is 5.93. The minimum atomic E-state index is -1.12. The molecule has 1 heterocycles. The van der Waals surface area contributed by atoms with Crippen molar-refractivity contribution in [1.29, 1.82) is 0 Å². The number of hydrogen-bond acceptors (Lipinski definition) is 4. The number of aliphatic carboxylic acids is 1. The number of carbonyl (C=O) groups is 2. The van der Waals surface area contributed by atoms with Gasteiger partial charge in [-0.2, -0.15) is 11.8 Å². The van der Waals surface area contributed by atoms with E-state index in [1.807, 2.05) is 38.1 Å². The first-order valence-electron chi connectivity index (χ1n) is 7.79. The van der Waals surface area contributed by atoms with Gasteiger partial charge in [-0.15, -0.1) is 0 Å². The zero-order valence-electron chi connectivity index (χ0n) is 13.5. The smallest absolute Gasteiger partial charge is 0.329 e. The van der Waals surface area contributed by atoms with Crippen molar-refractivity contribution in [3.8, 4) is 5.75 Å². The number of rotatable bonds is 6. The summed E-state index contributed by atoms with van der Waals surface area (Å²) in [4.78, 5) is 23.9. The summed E-state index contributed by atoms with van der Waals surface area (Å²) in [6.07, 6.45) is 1.15. The Balaban J connectivity index is 2.02. The highest BCUT2D eigenvalue weighted by Crippen LogP contribution is 2.27. The maximum atomic E-state index is 12.3. The number of amides is 1. The Labute approximate surface area is 140 Å². The Hall–Kier alpha value is -1.69. The predicted molar refractivity (Wildman–Crippen MR) is 91.0 cm³/mol. The highest BCUT2D eigenvalue weighted by atomic mass is 32.2. The first kappa shape index (κ1) is 17.7. The summed E-state index contributed by atoms with van der Waals surface area (Å²) in [6.45, 7) is 3.88. The molecule has 1 amide bonds. The second kappa shape index (κ2) is 7.73. The maximum Gasteiger partial charge on any atom is 0.329 e. The van der Waals surface area contributed by atoms with Gasteiger partial charge in [0.25, 0.3) is 0 Å². The van der Waals surface area contributed by atoms with Crippen LogP contribution in [0.1, 0.15) is 32.3 Å². The molecule has 2 N–H and O–H groups in total. The Morgan fingerprint density at radius 3 is 2.65 bits per heavy atom. The molecule has 0 unspecified atom stereocenters. The largest absolute Gasteiger partial charge is 0.491 e. The molecule has 1 saturated heterocycles. The van der Waals surface area contributed by atoms with E-state index in [9.17, 15) is 14.7 Å². The fourth-order valence-electron chi connectivity index (χ4n) is 2.61. The lowest BCUT2D eigenvalue weighted by molar-refractivity contribution is -0.148. The molecule has 1 fully saturated rings. The Bertz CT molecular complexity index is 567. The van der Waals surface area contributed by atoms with Crippen LogP contribution in [0, 0.1) is 0 Å². The van der Waals surface area contributed by atoms with Gasteiger partial charge in [0.15, 0.2) is 0 Å². The molecule has 126 valence electrons. The molecule has 1 aromatic carbocycles. The molecule has 0 spiro atoms. The third kappa shape index (κ3) is 4.89. The maximum absolute atomic E-state index is 12.3. The van der Waals surface area contributed by atoms with Gasteiger partial charge in [-0.05, 0) is 55.9 Å². The standard InChI is InChI=1S/C17H23NO4S/c1-12(2)22-14-5-3-4-13(10-14)11-15(19)18-17(16(20)21)6-8-23-9-7-17/h3-5,10,12H,6-9,11H2,1-2H3,(H,18,19)(H,20,21). The van der Waals surface area contributed by atoms with Crippen molar-refractivity contribution in [2.45, 2.75) is 44.8 Å². The van der Waals surface area contributed by atoms with Crippen LogP contribution in [0.15, 0.2) is 24.3 Å². The molecule has 0 radical (unpaired) electrons. The molecule has 0 aromatic heterocycles. The van der Waals surface area contributed by atoms with Gasteiger partial charge >= 0.3 is 5.97 Å². The second-order valence-corrected chi connectivity index (χ2v) is 7.26. The molecule has 0 atom stereocenters. The van der Waals surface area contributed by atoms with Crippen LogP contribution < -0.4 is 10.1 Å². The van der Waals surface area contributed by atoms with Gasteiger partial charge in [-0.25, -0.2) is 4.79 Å². The predicted octanol–water partition coefficient (Wildman–Crippen LogP) is 2.48. The molecule has 1 aliphatic rings. The lowest BCUT2D eigenvalue weighted by Gasteiger charge is -2.33. The minimum Gasteiger partial charge on any atom is -0.491 e. The van der Waals surface area contributed by atoms with Crippen LogP contribution in [-0.2, 0) is 16.0 Å². The first-order valence-corrected chi connectivity index (χ1v) is 8.94. The molecule has 23 heavy (non-hydrogen) atoms. The number of carbonyl (C=O) groups excluding carboxylic acids is 1. The van der Waals surface area contributed by atoms with Gasteiger partial charge < -0.3 is 15.2 Å². The number of thioether (sulfide) groups is 1. The zero-order chi connectivity index (χ0) is 16.9. The minimum absolute atomic E-state index is 0.0640. The van der Waals surface area contributed by atoms with Gasteiger partial charge in [0.05, 0.1) is 12.5 Å². The average molecular weight is 337 g/mol. The van der Waals surface area contributed by atoms with Gasteiger partial charge in [-0.1, -0.05) is 12.1 Å². The average Bonchev–Trinajstić information content (AvgIpc) is 2.47.